The van der Waals surface area contributed by atoms with Crippen LogP contribution >= 0.6 is 0 Å². The zero-order valence-corrected chi connectivity index (χ0v) is 11.3. The Morgan fingerprint density at radius 1 is 1.17 bits per heavy atom. The minimum absolute atomic E-state index is 0.110. The Morgan fingerprint density at radius 3 is 2.33 bits per heavy atom. The van der Waals surface area contributed by atoms with E-state index in [-0.39, 0.29) is 11.5 Å². The number of anilines is 1. The van der Waals surface area contributed by atoms with Gasteiger partial charge >= 0.3 is 0 Å². The first-order valence-electron chi connectivity index (χ1n) is 6.22. The third-order valence-electron chi connectivity index (χ3n) is 2.87. The Bertz CT molecular complexity index is 562. The Balaban J connectivity index is 0.000000771. The van der Waals surface area contributed by atoms with Crippen molar-refractivity contribution in [1.29, 1.82) is 0 Å². The largest absolute Gasteiger partial charge is 0.396 e. The number of benzene rings is 2. The van der Waals surface area contributed by atoms with Gasteiger partial charge in [-0.2, -0.15) is 0 Å². The molecule has 98 valence electrons. The molecule has 18 heavy (non-hydrogen) atoms. The van der Waals surface area contributed by atoms with Crippen molar-refractivity contribution in [2.45, 2.75) is 34.1 Å². The van der Waals surface area contributed by atoms with E-state index in [1.54, 1.807) is 6.07 Å². The normalized spacial score (nSPS) is 10.1. The van der Waals surface area contributed by atoms with Crippen LogP contribution in [-0.2, 0) is 6.42 Å². The summed E-state index contributed by atoms with van der Waals surface area (Å²) >= 11 is 0. The number of hydrogen-bond acceptors (Lipinski definition) is 1. The van der Waals surface area contributed by atoms with Gasteiger partial charge in [0, 0.05) is 5.39 Å². The second kappa shape index (κ2) is 5.80. The maximum atomic E-state index is 13.8. The van der Waals surface area contributed by atoms with E-state index in [4.69, 9.17) is 5.73 Å². The van der Waals surface area contributed by atoms with E-state index in [9.17, 15) is 8.78 Å². The lowest BCUT2D eigenvalue weighted by Crippen LogP contribution is -1.98. The summed E-state index contributed by atoms with van der Waals surface area (Å²) in [5, 5.41) is 1.05. The Hall–Kier alpha value is -1.64. The molecule has 0 heterocycles. The van der Waals surface area contributed by atoms with Crippen LogP contribution in [0.4, 0.5) is 14.5 Å². The first kappa shape index (κ1) is 14.4. The molecule has 0 saturated carbocycles. The van der Waals surface area contributed by atoms with Gasteiger partial charge in [-0.3, -0.25) is 0 Å². The Labute approximate surface area is 107 Å². The number of halogens is 2. The van der Waals surface area contributed by atoms with Crippen LogP contribution in [0.1, 0.15) is 31.9 Å². The van der Waals surface area contributed by atoms with E-state index in [0.717, 1.165) is 5.56 Å². The van der Waals surface area contributed by atoms with Crippen molar-refractivity contribution in [3.05, 3.63) is 41.0 Å². The highest BCUT2D eigenvalue weighted by Crippen LogP contribution is 2.30. The molecule has 0 spiro atoms. The number of hydrogen-bond donors (Lipinski definition) is 1. The lowest BCUT2D eigenvalue weighted by Gasteiger charge is -2.11. The first-order chi connectivity index (χ1) is 8.56. The Kier molecular flexibility index (Phi) is 4.65. The van der Waals surface area contributed by atoms with E-state index in [1.807, 2.05) is 27.7 Å². The highest BCUT2D eigenvalue weighted by atomic mass is 19.1. The van der Waals surface area contributed by atoms with E-state index in [0.29, 0.717) is 22.8 Å². The molecule has 2 aromatic rings. The molecule has 0 aliphatic carbocycles. The van der Waals surface area contributed by atoms with Crippen molar-refractivity contribution < 1.29 is 8.78 Å². The van der Waals surface area contributed by atoms with Crippen molar-refractivity contribution in [2.24, 2.45) is 0 Å². The molecule has 0 atom stereocenters. The SMILES string of the molecule is CC.CCc1c(F)ccc2c(F)c(N)cc(C)c12. The van der Waals surface area contributed by atoms with Crippen molar-refractivity contribution in [3.8, 4) is 0 Å². The zero-order chi connectivity index (χ0) is 13.9. The fourth-order valence-electron chi connectivity index (χ4n) is 2.13. The molecule has 2 N–H and O–H groups in total. The Morgan fingerprint density at radius 2 is 1.78 bits per heavy atom. The molecule has 0 unspecified atom stereocenters. The van der Waals surface area contributed by atoms with E-state index in [2.05, 4.69) is 0 Å². The molecule has 0 aliphatic rings. The second-order valence-corrected chi connectivity index (χ2v) is 3.90. The van der Waals surface area contributed by atoms with E-state index < -0.39 is 5.82 Å². The number of rotatable bonds is 1. The third-order valence-corrected chi connectivity index (χ3v) is 2.87. The lowest BCUT2D eigenvalue weighted by atomic mass is 9.97. The first-order valence-corrected chi connectivity index (χ1v) is 6.22. The summed E-state index contributed by atoms with van der Waals surface area (Å²) in [6.07, 6.45) is 0.535. The van der Waals surface area contributed by atoms with Gasteiger partial charge in [-0.1, -0.05) is 20.8 Å². The quantitative estimate of drug-likeness (QED) is 0.737. The molecular weight excluding hydrogens is 232 g/mol. The van der Waals surface area contributed by atoms with Crippen molar-refractivity contribution in [1.82, 2.24) is 0 Å². The molecule has 0 aromatic heterocycles. The van der Waals surface area contributed by atoms with Crippen LogP contribution in [0.2, 0.25) is 0 Å². The number of nitrogen functional groups attached to an aromatic ring is 1. The van der Waals surface area contributed by atoms with Gasteiger partial charge < -0.3 is 5.73 Å². The minimum atomic E-state index is -0.463. The molecule has 0 radical (unpaired) electrons. The molecule has 1 nitrogen and oxygen atoms in total. The monoisotopic (exact) mass is 251 g/mol. The highest BCUT2D eigenvalue weighted by molar-refractivity contribution is 5.92. The number of nitrogens with two attached hydrogens (primary N) is 1. The third kappa shape index (κ3) is 2.30. The predicted octanol–water partition coefficient (Wildman–Crippen LogP) is 4.60. The van der Waals surface area contributed by atoms with Gasteiger partial charge in [0.2, 0.25) is 0 Å². The molecule has 3 heteroatoms. The van der Waals surface area contributed by atoms with Gasteiger partial charge in [-0.25, -0.2) is 8.78 Å². The molecule has 0 bridgehead atoms. The molecule has 0 aliphatic heterocycles. The summed E-state index contributed by atoms with van der Waals surface area (Å²) in [5.74, 6) is -0.752. The van der Waals surface area contributed by atoms with Crippen LogP contribution in [0, 0.1) is 18.6 Å². The molecule has 2 rings (SSSR count). The van der Waals surface area contributed by atoms with Crippen molar-refractivity contribution in [3.63, 3.8) is 0 Å². The van der Waals surface area contributed by atoms with Gasteiger partial charge in [0.15, 0.2) is 5.82 Å². The van der Waals surface area contributed by atoms with E-state index >= 15 is 0 Å². The summed E-state index contributed by atoms with van der Waals surface area (Å²) < 4.78 is 27.4. The van der Waals surface area contributed by atoms with Gasteiger partial charge in [0.25, 0.3) is 0 Å². The molecule has 2 aromatic carbocycles. The van der Waals surface area contributed by atoms with Crippen LogP contribution in [-0.4, -0.2) is 0 Å². The predicted molar refractivity (Wildman–Crippen MR) is 73.7 cm³/mol. The van der Waals surface area contributed by atoms with Crippen LogP contribution in [0.3, 0.4) is 0 Å². The van der Waals surface area contributed by atoms with Crippen molar-refractivity contribution in [2.75, 3.05) is 5.73 Å². The summed E-state index contributed by atoms with van der Waals surface area (Å²) in [5.41, 5.74) is 7.02. The molecule has 0 saturated heterocycles. The highest BCUT2D eigenvalue weighted by Gasteiger charge is 2.13. The molecule has 0 fully saturated rings. The minimum Gasteiger partial charge on any atom is -0.396 e. The van der Waals surface area contributed by atoms with Gasteiger partial charge in [0.05, 0.1) is 5.69 Å². The van der Waals surface area contributed by atoms with Crippen molar-refractivity contribution >= 4 is 16.5 Å². The van der Waals surface area contributed by atoms with Crippen LogP contribution in [0.5, 0.6) is 0 Å². The van der Waals surface area contributed by atoms with Crippen LogP contribution in [0.25, 0.3) is 10.8 Å². The van der Waals surface area contributed by atoms with Gasteiger partial charge in [-0.05, 0) is 48.1 Å². The topological polar surface area (TPSA) is 26.0 Å². The fourth-order valence-corrected chi connectivity index (χ4v) is 2.13. The fraction of sp³-hybridized carbons (Fsp3) is 0.333. The average molecular weight is 251 g/mol. The zero-order valence-electron chi connectivity index (χ0n) is 11.3. The summed E-state index contributed by atoms with van der Waals surface area (Å²) in [7, 11) is 0. The number of aryl methyl sites for hydroxylation is 2. The summed E-state index contributed by atoms with van der Waals surface area (Å²) in [6.45, 7) is 7.67. The van der Waals surface area contributed by atoms with Gasteiger partial charge in [-0.15, -0.1) is 0 Å². The summed E-state index contributed by atoms with van der Waals surface area (Å²) in [4.78, 5) is 0. The molecule has 0 amide bonds. The summed E-state index contributed by atoms with van der Waals surface area (Å²) in [6, 6.07) is 4.29. The maximum Gasteiger partial charge on any atom is 0.153 e. The maximum absolute atomic E-state index is 13.8. The van der Waals surface area contributed by atoms with Crippen LogP contribution in [0.15, 0.2) is 18.2 Å². The lowest BCUT2D eigenvalue weighted by molar-refractivity contribution is 0.613. The second-order valence-electron chi connectivity index (χ2n) is 3.90. The average Bonchev–Trinajstić information content (AvgIpc) is 2.38. The van der Waals surface area contributed by atoms with Crippen LogP contribution < -0.4 is 5.73 Å². The number of fused-ring (bicyclic) bond motifs is 1. The smallest absolute Gasteiger partial charge is 0.153 e. The van der Waals surface area contributed by atoms with E-state index in [1.165, 1.54) is 12.1 Å². The molecular formula is C15H19F2N. The standard InChI is InChI=1S/C13H13F2N.C2H6/c1-3-8-10(14)5-4-9-12(8)7(2)6-11(16)13(9)15;1-2/h4-6H,3,16H2,1-2H3;1-2H3. The van der Waals surface area contributed by atoms with Gasteiger partial charge in [0.1, 0.15) is 5.82 Å².